The molecule has 6 heteroatoms. The van der Waals surface area contributed by atoms with Crippen molar-refractivity contribution in [3.8, 4) is 5.75 Å². The fraction of sp³-hybridized carbons (Fsp3) is 0.500. The van der Waals surface area contributed by atoms with Gasteiger partial charge in [-0.1, -0.05) is 6.92 Å². The zero-order valence-corrected chi connectivity index (χ0v) is 11.5. The molecule has 0 aliphatic rings. The number of rotatable bonds is 7. The SMILES string of the molecule is CC(CCO)CNC(=O)C(C)Oc1ccc(F)c(F)c1. The zero-order valence-electron chi connectivity index (χ0n) is 11.5. The van der Waals surface area contributed by atoms with E-state index >= 15 is 0 Å². The lowest BCUT2D eigenvalue weighted by molar-refractivity contribution is -0.127. The Labute approximate surface area is 116 Å². The summed E-state index contributed by atoms with van der Waals surface area (Å²) in [7, 11) is 0. The summed E-state index contributed by atoms with van der Waals surface area (Å²) in [5.74, 6) is -2.09. The summed E-state index contributed by atoms with van der Waals surface area (Å²) in [6, 6.07) is 3.10. The Hall–Kier alpha value is -1.69. The first-order chi connectivity index (χ1) is 9.43. The molecule has 0 aliphatic heterocycles. The molecule has 0 saturated carbocycles. The van der Waals surface area contributed by atoms with E-state index in [2.05, 4.69) is 5.32 Å². The molecule has 0 bridgehead atoms. The van der Waals surface area contributed by atoms with Crippen LogP contribution in [0.3, 0.4) is 0 Å². The van der Waals surface area contributed by atoms with Crippen LogP contribution in [0.5, 0.6) is 5.75 Å². The molecule has 0 aliphatic carbocycles. The summed E-state index contributed by atoms with van der Waals surface area (Å²) >= 11 is 0. The number of benzene rings is 1. The van der Waals surface area contributed by atoms with E-state index in [0.29, 0.717) is 13.0 Å². The topological polar surface area (TPSA) is 58.6 Å². The fourth-order valence-electron chi connectivity index (χ4n) is 1.55. The van der Waals surface area contributed by atoms with Gasteiger partial charge in [0.25, 0.3) is 5.91 Å². The number of halogens is 2. The van der Waals surface area contributed by atoms with Crippen LogP contribution in [-0.4, -0.2) is 30.3 Å². The highest BCUT2D eigenvalue weighted by Gasteiger charge is 2.16. The highest BCUT2D eigenvalue weighted by molar-refractivity contribution is 5.80. The number of ether oxygens (including phenoxy) is 1. The first kappa shape index (κ1) is 16.4. The van der Waals surface area contributed by atoms with E-state index < -0.39 is 17.7 Å². The molecule has 0 radical (unpaired) electrons. The van der Waals surface area contributed by atoms with Crippen LogP contribution in [0.15, 0.2) is 18.2 Å². The molecular formula is C14H19F2NO3. The molecule has 1 amide bonds. The van der Waals surface area contributed by atoms with E-state index in [1.807, 2.05) is 6.92 Å². The first-order valence-electron chi connectivity index (χ1n) is 6.44. The van der Waals surface area contributed by atoms with Gasteiger partial charge in [0, 0.05) is 19.2 Å². The lowest BCUT2D eigenvalue weighted by Crippen LogP contribution is -2.38. The predicted octanol–water partition coefficient (Wildman–Crippen LogP) is 1.87. The van der Waals surface area contributed by atoms with Crippen molar-refractivity contribution in [3.05, 3.63) is 29.8 Å². The van der Waals surface area contributed by atoms with Gasteiger partial charge in [-0.3, -0.25) is 4.79 Å². The number of aliphatic hydroxyl groups is 1. The Balaban J connectivity index is 2.46. The third-order valence-corrected chi connectivity index (χ3v) is 2.82. The smallest absolute Gasteiger partial charge is 0.260 e. The highest BCUT2D eigenvalue weighted by atomic mass is 19.2. The second-order valence-corrected chi connectivity index (χ2v) is 4.70. The van der Waals surface area contributed by atoms with Gasteiger partial charge in [-0.2, -0.15) is 0 Å². The van der Waals surface area contributed by atoms with Crippen LogP contribution in [-0.2, 0) is 4.79 Å². The standard InChI is InChI=1S/C14H19F2NO3/c1-9(5-6-18)8-17-14(19)10(2)20-11-3-4-12(15)13(16)7-11/h3-4,7,9-10,18H,5-6,8H2,1-2H3,(H,17,19). The molecule has 1 aromatic carbocycles. The molecule has 1 aromatic rings. The molecule has 112 valence electrons. The van der Waals surface area contributed by atoms with E-state index in [-0.39, 0.29) is 24.2 Å². The van der Waals surface area contributed by atoms with Gasteiger partial charge in [0.15, 0.2) is 17.7 Å². The minimum Gasteiger partial charge on any atom is -0.481 e. The van der Waals surface area contributed by atoms with Gasteiger partial charge in [-0.15, -0.1) is 0 Å². The van der Waals surface area contributed by atoms with Crippen LogP contribution in [0.25, 0.3) is 0 Å². The predicted molar refractivity (Wildman–Crippen MR) is 70.3 cm³/mol. The fourth-order valence-corrected chi connectivity index (χ4v) is 1.55. The molecule has 0 spiro atoms. The van der Waals surface area contributed by atoms with E-state index in [1.54, 1.807) is 0 Å². The summed E-state index contributed by atoms with van der Waals surface area (Å²) in [5.41, 5.74) is 0. The van der Waals surface area contributed by atoms with E-state index in [4.69, 9.17) is 9.84 Å². The van der Waals surface area contributed by atoms with Crippen LogP contribution >= 0.6 is 0 Å². The van der Waals surface area contributed by atoms with Crippen molar-refractivity contribution >= 4 is 5.91 Å². The lowest BCUT2D eigenvalue weighted by Gasteiger charge is -2.16. The molecule has 2 atom stereocenters. The molecule has 0 aromatic heterocycles. The van der Waals surface area contributed by atoms with Gasteiger partial charge in [0.2, 0.25) is 0 Å². The number of amides is 1. The second kappa shape index (κ2) is 7.79. The zero-order chi connectivity index (χ0) is 15.1. The van der Waals surface area contributed by atoms with Crippen molar-refractivity contribution < 1.29 is 23.4 Å². The third-order valence-electron chi connectivity index (χ3n) is 2.82. The van der Waals surface area contributed by atoms with Gasteiger partial charge < -0.3 is 15.2 Å². The van der Waals surface area contributed by atoms with Gasteiger partial charge in [-0.25, -0.2) is 8.78 Å². The van der Waals surface area contributed by atoms with Crippen molar-refractivity contribution in [1.82, 2.24) is 5.32 Å². The summed E-state index contributed by atoms with van der Waals surface area (Å²) < 4.78 is 31.0. The summed E-state index contributed by atoms with van der Waals surface area (Å²) in [6.07, 6.45) is -0.222. The largest absolute Gasteiger partial charge is 0.481 e. The number of hydrogen-bond donors (Lipinski definition) is 2. The molecule has 0 saturated heterocycles. The number of hydrogen-bond acceptors (Lipinski definition) is 3. The molecule has 4 nitrogen and oxygen atoms in total. The number of nitrogens with one attached hydrogen (secondary N) is 1. The monoisotopic (exact) mass is 287 g/mol. The van der Waals surface area contributed by atoms with Crippen LogP contribution in [0.1, 0.15) is 20.3 Å². The number of carbonyl (C=O) groups excluding carboxylic acids is 1. The summed E-state index contributed by atoms with van der Waals surface area (Å²) in [5, 5.41) is 11.4. The van der Waals surface area contributed by atoms with Gasteiger partial charge in [-0.05, 0) is 31.4 Å². The minimum absolute atomic E-state index is 0.0674. The van der Waals surface area contributed by atoms with Gasteiger partial charge in [0.05, 0.1) is 0 Å². The average molecular weight is 287 g/mol. The van der Waals surface area contributed by atoms with Crippen molar-refractivity contribution in [2.45, 2.75) is 26.4 Å². The molecule has 1 rings (SSSR count). The minimum atomic E-state index is -1.02. The molecular weight excluding hydrogens is 268 g/mol. The molecule has 2 unspecified atom stereocenters. The lowest BCUT2D eigenvalue weighted by atomic mass is 10.1. The van der Waals surface area contributed by atoms with Crippen molar-refractivity contribution in [1.29, 1.82) is 0 Å². The number of carbonyl (C=O) groups is 1. The van der Waals surface area contributed by atoms with E-state index in [0.717, 1.165) is 12.1 Å². The quantitative estimate of drug-likeness (QED) is 0.805. The maximum atomic E-state index is 13.0. The number of aliphatic hydroxyl groups excluding tert-OH is 1. The van der Waals surface area contributed by atoms with Crippen LogP contribution < -0.4 is 10.1 Å². The molecule has 2 N–H and O–H groups in total. The average Bonchev–Trinajstić information content (AvgIpc) is 2.40. The maximum Gasteiger partial charge on any atom is 0.260 e. The van der Waals surface area contributed by atoms with E-state index in [1.165, 1.54) is 13.0 Å². The third kappa shape index (κ3) is 5.13. The van der Waals surface area contributed by atoms with Crippen molar-refractivity contribution in [3.63, 3.8) is 0 Å². The Bertz CT molecular complexity index is 454. The highest BCUT2D eigenvalue weighted by Crippen LogP contribution is 2.16. The van der Waals surface area contributed by atoms with Crippen molar-refractivity contribution in [2.75, 3.05) is 13.2 Å². The van der Waals surface area contributed by atoms with Gasteiger partial charge >= 0.3 is 0 Å². The van der Waals surface area contributed by atoms with Crippen molar-refractivity contribution in [2.24, 2.45) is 5.92 Å². The van der Waals surface area contributed by atoms with Gasteiger partial charge in [0.1, 0.15) is 5.75 Å². The summed E-state index contributed by atoms with van der Waals surface area (Å²) in [4.78, 5) is 11.7. The van der Waals surface area contributed by atoms with E-state index in [9.17, 15) is 13.6 Å². The normalized spacial score (nSPS) is 13.7. The van der Waals surface area contributed by atoms with Crippen LogP contribution in [0.2, 0.25) is 0 Å². The molecule has 0 fully saturated rings. The summed E-state index contributed by atoms with van der Waals surface area (Å²) in [6.45, 7) is 3.91. The Kier molecular flexibility index (Phi) is 6.38. The maximum absolute atomic E-state index is 13.0. The Morgan fingerprint density at radius 3 is 2.65 bits per heavy atom. The Morgan fingerprint density at radius 1 is 1.35 bits per heavy atom. The van der Waals surface area contributed by atoms with Crippen LogP contribution in [0, 0.1) is 17.6 Å². The first-order valence-corrected chi connectivity index (χ1v) is 6.44. The van der Waals surface area contributed by atoms with Crippen LogP contribution in [0.4, 0.5) is 8.78 Å². The molecule has 20 heavy (non-hydrogen) atoms. The Morgan fingerprint density at radius 2 is 2.05 bits per heavy atom. The second-order valence-electron chi connectivity index (χ2n) is 4.70. The molecule has 0 heterocycles.